The Morgan fingerprint density at radius 1 is 1.42 bits per heavy atom. The van der Waals surface area contributed by atoms with E-state index in [0.29, 0.717) is 36.8 Å². The number of ether oxygens (including phenoxy) is 3. The van der Waals surface area contributed by atoms with E-state index in [-0.39, 0.29) is 6.10 Å². The van der Waals surface area contributed by atoms with E-state index >= 15 is 0 Å². The Bertz CT molecular complexity index is 772. The van der Waals surface area contributed by atoms with Crippen LogP contribution in [0.15, 0.2) is 22.7 Å². The average Bonchev–Trinajstić information content (AvgIpc) is 2.81. The molecule has 3 rings (SSSR count). The standard InChI is InChI=1S/C17H19BrN2O4/c1-10-9-20-13(6-7-24-10)15(17(21)23-3)19-16(20)11-4-5-12(18)14(8-11)22-2/h4-5,8,10H,6-7,9H2,1-3H3. The summed E-state index contributed by atoms with van der Waals surface area (Å²) in [6, 6.07) is 5.75. The van der Waals surface area contributed by atoms with Crippen molar-refractivity contribution in [1.29, 1.82) is 0 Å². The molecule has 2 heterocycles. The quantitative estimate of drug-likeness (QED) is 0.748. The first-order valence-corrected chi connectivity index (χ1v) is 8.47. The second kappa shape index (κ2) is 6.94. The molecular formula is C17H19BrN2O4. The maximum absolute atomic E-state index is 12.1. The van der Waals surface area contributed by atoms with Gasteiger partial charge in [0.25, 0.3) is 0 Å². The Hall–Kier alpha value is -1.86. The normalized spacial score (nSPS) is 17.1. The highest BCUT2D eigenvalue weighted by Crippen LogP contribution is 2.32. The predicted octanol–water partition coefficient (Wildman–Crippen LogP) is 3.07. The van der Waals surface area contributed by atoms with Crippen molar-refractivity contribution in [1.82, 2.24) is 9.55 Å². The van der Waals surface area contributed by atoms with Gasteiger partial charge < -0.3 is 18.8 Å². The van der Waals surface area contributed by atoms with Crippen LogP contribution in [0.4, 0.5) is 0 Å². The van der Waals surface area contributed by atoms with E-state index in [2.05, 4.69) is 20.9 Å². The zero-order valence-corrected chi connectivity index (χ0v) is 15.4. The van der Waals surface area contributed by atoms with Crippen molar-refractivity contribution in [2.24, 2.45) is 0 Å². The highest BCUT2D eigenvalue weighted by Gasteiger charge is 2.27. The molecule has 0 spiro atoms. The van der Waals surface area contributed by atoms with Gasteiger partial charge in [-0.25, -0.2) is 9.78 Å². The molecule has 2 aromatic rings. The SMILES string of the molecule is COC(=O)c1nc(-c2ccc(Br)c(OC)c2)n2c1CCOC(C)C2. The monoisotopic (exact) mass is 394 g/mol. The van der Waals surface area contributed by atoms with Gasteiger partial charge in [-0.2, -0.15) is 0 Å². The molecule has 1 atom stereocenters. The second-order valence-corrected chi connectivity index (χ2v) is 6.47. The Morgan fingerprint density at radius 3 is 2.92 bits per heavy atom. The lowest BCUT2D eigenvalue weighted by Gasteiger charge is -2.13. The third kappa shape index (κ3) is 3.06. The first-order chi connectivity index (χ1) is 11.5. The van der Waals surface area contributed by atoms with Crippen molar-refractivity contribution in [2.75, 3.05) is 20.8 Å². The third-order valence-electron chi connectivity index (χ3n) is 4.04. The molecule has 1 aromatic carbocycles. The summed E-state index contributed by atoms with van der Waals surface area (Å²) in [5.41, 5.74) is 2.08. The minimum Gasteiger partial charge on any atom is -0.496 e. The number of nitrogens with zero attached hydrogens (tertiary/aromatic N) is 2. The molecule has 0 aliphatic carbocycles. The van der Waals surface area contributed by atoms with E-state index in [1.807, 2.05) is 29.7 Å². The van der Waals surface area contributed by atoms with Crippen LogP contribution in [0, 0.1) is 0 Å². The number of fused-ring (bicyclic) bond motifs is 1. The van der Waals surface area contributed by atoms with Crippen molar-refractivity contribution < 1.29 is 19.0 Å². The summed E-state index contributed by atoms with van der Waals surface area (Å²) in [6.45, 7) is 3.20. The summed E-state index contributed by atoms with van der Waals surface area (Å²) in [4.78, 5) is 16.7. The van der Waals surface area contributed by atoms with Gasteiger partial charge >= 0.3 is 5.97 Å². The molecule has 0 amide bonds. The zero-order chi connectivity index (χ0) is 17.3. The number of carbonyl (C=O) groups is 1. The first kappa shape index (κ1) is 17.0. The summed E-state index contributed by atoms with van der Waals surface area (Å²) >= 11 is 3.45. The molecular weight excluding hydrogens is 376 g/mol. The van der Waals surface area contributed by atoms with Gasteiger partial charge in [0.05, 0.1) is 43.6 Å². The Kier molecular flexibility index (Phi) is 4.91. The smallest absolute Gasteiger partial charge is 0.358 e. The fourth-order valence-corrected chi connectivity index (χ4v) is 3.29. The molecule has 0 N–H and O–H groups in total. The number of aromatic nitrogens is 2. The van der Waals surface area contributed by atoms with Crippen LogP contribution in [-0.2, 0) is 22.4 Å². The molecule has 0 fully saturated rings. The fraction of sp³-hybridized carbons (Fsp3) is 0.412. The molecule has 6 nitrogen and oxygen atoms in total. The number of carbonyl (C=O) groups excluding carboxylic acids is 1. The molecule has 24 heavy (non-hydrogen) atoms. The van der Waals surface area contributed by atoms with E-state index in [4.69, 9.17) is 14.2 Å². The van der Waals surface area contributed by atoms with E-state index in [0.717, 1.165) is 15.7 Å². The Morgan fingerprint density at radius 2 is 2.21 bits per heavy atom. The zero-order valence-electron chi connectivity index (χ0n) is 13.8. The van der Waals surface area contributed by atoms with Crippen molar-refractivity contribution in [3.63, 3.8) is 0 Å². The van der Waals surface area contributed by atoms with Crippen molar-refractivity contribution >= 4 is 21.9 Å². The maximum Gasteiger partial charge on any atom is 0.358 e. The van der Waals surface area contributed by atoms with Crippen molar-refractivity contribution in [2.45, 2.75) is 26.0 Å². The van der Waals surface area contributed by atoms with Crippen LogP contribution >= 0.6 is 15.9 Å². The van der Waals surface area contributed by atoms with Gasteiger partial charge in [-0.1, -0.05) is 0 Å². The number of imidazole rings is 1. The molecule has 7 heteroatoms. The lowest BCUT2D eigenvalue weighted by Crippen LogP contribution is -2.15. The van der Waals surface area contributed by atoms with Gasteiger partial charge in [-0.15, -0.1) is 0 Å². The van der Waals surface area contributed by atoms with Crippen LogP contribution in [0.25, 0.3) is 11.4 Å². The van der Waals surface area contributed by atoms with Gasteiger partial charge in [0, 0.05) is 12.0 Å². The summed E-state index contributed by atoms with van der Waals surface area (Å²) < 4.78 is 18.9. The lowest BCUT2D eigenvalue weighted by atomic mass is 10.2. The third-order valence-corrected chi connectivity index (χ3v) is 4.70. The van der Waals surface area contributed by atoms with E-state index < -0.39 is 5.97 Å². The van der Waals surface area contributed by atoms with Crippen LogP contribution < -0.4 is 4.74 Å². The molecule has 0 saturated carbocycles. The number of halogens is 1. The highest BCUT2D eigenvalue weighted by molar-refractivity contribution is 9.10. The average molecular weight is 395 g/mol. The molecule has 0 saturated heterocycles. The molecule has 1 aliphatic rings. The topological polar surface area (TPSA) is 62.6 Å². The molecule has 1 aromatic heterocycles. The van der Waals surface area contributed by atoms with Gasteiger partial charge in [-0.05, 0) is 41.1 Å². The van der Waals surface area contributed by atoms with Gasteiger partial charge in [0.2, 0.25) is 0 Å². The summed E-state index contributed by atoms with van der Waals surface area (Å²) in [5, 5.41) is 0. The fourth-order valence-electron chi connectivity index (χ4n) is 2.88. The van der Waals surface area contributed by atoms with Crippen LogP contribution in [0.5, 0.6) is 5.75 Å². The van der Waals surface area contributed by atoms with Gasteiger partial charge in [0.15, 0.2) is 5.69 Å². The molecule has 1 unspecified atom stereocenters. The van der Waals surface area contributed by atoms with Crippen LogP contribution in [0.1, 0.15) is 23.1 Å². The molecule has 0 radical (unpaired) electrons. The number of rotatable bonds is 3. The van der Waals surface area contributed by atoms with Crippen LogP contribution in [0.3, 0.4) is 0 Å². The second-order valence-electron chi connectivity index (χ2n) is 5.61. The number of hydrogen-bond donors (Lipinski definition) is 0. The first-order valence-electron chi connectivity index (χ1n) is 7.68. The van der Waals surface area contributed by atoms with E-state index in [9.17, 15) is 4.79 Å². The minimum atomic E-state index is -0.427. The molecule has 0 bridgehead atoms. The van der Waals surface area contributed by atoms with Crippen molar-refractivity contribution in [3.8, 4) is 17.1 Å². The molecule has 128 valence electrons. The Balaban J connectivity index is 2.17. The van der Waals surface area contributed by atoms with Crippen LogP contribution in [-0.4, -0.2) is 42.5 Å². The summed E-state index contributed by atoms with van der Waals surface area (Å²) in [7, 11) is 2.98. The summed E-state index contributed by atoms with van der Waals surface area (Å²) in [5.74, 6) is 1.000. The largest absolute Gasteiger partial charge is 0.496 e. The van der Waals surface area contributed by atoms with E-state index in [1.54, 1.807) is 7.11 Å². The Labute approximate surface area is 148 Å². The van der Waals surface area contributed by atoms with Crippen LogP contribution in [0.2, 0.25) is 0 Å². The van der Waals surface area contributed by atoms with Crippen molar-refractivity contribution in [3.05, 3.63) is 34.1 Å². The predicted molar refractivity (Wildman–Crippen MR) is 92.4 cm³/mol. The lowest BCUT2D eigenvalue weighted by molar-refractivity contribution is 0.0591. The summed E-state index contributed by atoms with van der Waals surface area (Å²) in [6.07, 6.45) is 0.664. The van der Waals surface area contributed by atoms with Gasteiger partial charge in [0.1, 0.15) is 11.6 Å². The van der Waals surface area contributed by atoms with Gasteiger partial charge in [-0.3, -0.25) is 0 Å². The van der Waals surface area contributed by atoms with E-state index in [1.165, 1.54) is 7.11 Å². The number of methoxy groups -OCH3 is 2. The number of esters is 1. The maximum atomic E-state index is 12.1. The molecule has 1 aliphatic heterocycles. The number of hydrogen-bond acceptors (Lipinski definition) is 5. The highest BCUT2D eigenvalue weighted by atomic mass is 79.9. The minimum absolute atomic E-state index is 0.0436. The number of benzene rings is 1.